The van der Waals surface area contributed by atoms with Crippen LogP contribution in [0.4, 0.5) is 5.69 Å². The number of benzene rings is 1. The van der Waals surface area contributed by atoms with E-state index in [4.69, 9.17) is 14.2 Å². The number of hydrogen-bond acceptors (Lipinski definition) is 5. The first-order valence-corrected chi connectivity index (χ1v) is 9.62. The van der Waals surface area contributed by atoms with E-state index in [0.29, 0.717) is 36.1 Å². The lowest BCUT2D eigenvalue weighted by Gasteiger charge is -2.28. The summed E-state index contributed by atoms with van der Waals surface area (Å²) < 4.78 is 16.5. The largest absolute Gasteiger partial charge is 0.492 e. The zero-order chi connectivity index (χ0) is 20.0. The molecule has 1 unspecified atom stereocenters. The average Bonchev–Trinajstić information content (AvgIpc) is 3.49. The molecule has 1 saturated carbocycles. The van der Waals surface area contributed by atoms with Crippen molar-refractivity contribution in [1.82, 2.24) is 0 Å². The van der Waals surface area contributed by atoms with Crippen LogP contribution in [0.5, 0.6) is 5.75 Å². The maximum atomic E-state index is 12.9. The minimum absolute atomic E-state index is 0.190. The zero-order valence-electron chi connectivity index (χ0n) is 17.0. The number of esters is 1. The van der Waals surface area contributed by atoms with Gasteiger partial charge in [-0.25, -0.2) is 4.79 Å². The lowest BCUT2D eigenvalue weighted by Crippen LogP contribution is -2.45. The number of hydrogen-bond donors (Lipinski definition) is 1. The highest BCUT2D eigenvalue weighted by molar-refractivity contribution is 5.99. The summed E-state index contributed by atoms with van der Waals surface area (Å²) in [7, 11) is 1.32. The Bertz CT molecular complexity index is 669. The second-order valence-electron chi connectivity index (χ2n) is 7.59. The molecule has 1 aliphatic carbocycles. The highest BCUT2D eigenvalue weighted by Gasteiger charge is 2.48. The highest BCUT2D eigenvalue weighted by Crippen LogP contribution is 2.42. The van der Waals surface area contributed by atoms with Crippen LogP contribution >= 0.6 is 0 Å². The van der Waals surface area contributed by atoms with Gasteiger partial charge in [-0.15, -0.1) is 0 Å². The Morgan fingerprint density at radius 3 is 2.56 bits per heavy atom. The predicted molar refractivity (Wildman–Crippen MR) is 104 cm³/mol. The normalized spacial score (nSPS) is 15.9. The molecule has 1 aromatic rings. The Hall–Kier alpha value is -2.08. The molecule has 1 N–H and O–H groups in total. The van der Waals surface area contributed by atoms with Crippen LogP contribution in [0.25, 0.3) is 0 Å². The number of carbonyl (C=O) groups excluding carboxylic acids is 2. The van der Waals surface area contributed by atoms with Gasteiger partial charge < -0.3 is 19.5 Å². The number of methoxy groups -OCH3 is 1. The molecule has 0 bridgehead atoms. The van der Waals surface area contributed by atoms with Crippen LogP contribution < -0.4 is 10.1 Å². The quantitative estimate of drug-likeness (QED) is 0.623. The maximum Gasteiger partial charge on any atom is 0.341 e. The van der Waals surface area contributed by atoms with Crippen molar-refractivity contribution in [3.8, 4) is 5.75 Å². The fourth-order valence-corrected chi connectivity index (χ4v) is 2.83. The van der Waals surface area contributed by atoms with Crippen molar-refractivity contribution in [2.24, 2.45) is 11.8 Å². The first-order chi connectivity index (χ1) is 12.8. The van der Waals surface area contributed by atoms with Gasteiger partial charge in [-0.2, -0.15) is 0 Å². The minimum Gasteiger partial charge on any atom is -0.492 e. The Morgan fingerprint density at radius 2 is 2.00 bits per heavy atom. The second-order valence-corrected chi connectivity index (χ2v) is 7.59. The molecule has 0 radical (unpaired) electrons. The van der Waals surface area contributed by atoms with Crippen molar-refractivity contribution in [3.63, 3.8) is 0 Å². The molecule has 2 rings (SSSR count). The molecule has 1 fully saturated rings. The van der Waals surface area contributed by atoms with E-state index in [-0.39, 0.29) is 11.8 Å². The monoisotopic (exact) mass is 377 g/mol. The summed E-state index contributed by atoms with van der Waals surface area (Å²) in [6, 6.07) is 5.01. The minimum atomic E-state index is -0.853. The molecular formula is C21H31NO5. The maximum absolute atomic E-state index is 12.9. The Labute approximate surface area is 161 Å². The van der Waals surface area contributed by atoms with Crippen LogP contribution in [0.1, 0.15) is 57.3 Å². The summed E-state index contributed by atoms with van der Waals surface area (Å²) in [6.45, 7) is 8.94. The van der Waals surface area contributed by atoms with Gasteiger partial charge in [-0.1, -0.05) is 20.8 Å². The van der Waals surface area contributed by atoms with Gasteiger partial charge >= 0.3 is 5.97 Å². The van der Waals surface area contributed by atoms with Crippen LogP contribution in [0.2, 0.25) is 0 Å². The summed E-state index contributed by atoms with van der Waals surface area (Å²) in [5.74, 6) is 0.311. The van der Waals surface area contributed by atoms with Crippen molar-refractivity contribution >= 4 is 17.6 Å². The van der Waals surface area contributed by atoms with Crippen molar-refractivity contribution in [1.29, 1.82) is 0 Å². The first-order valence-electron chi connectivity index (χ1n) is 9.62. The van der Waals surface area contributed by atoms with Crippen molar-refractivity contribution in [2.45, 2.75) is 52.6 Å². The molecule has 0 heterocycles. The molecule has 6 nitrogen and oxygen atoms in total. The molecule has 1 aliphatic rings. The summed E-state index contributed by atoms with van der Waals surface area (Å²) in [4.78, 5) is 25.0. The summed E-state index contributed by atoms with van der Waals surface area (Å²) >= 11 is 0. The summed E-state index contributed by atoms with van der Waals surface area (Å²) in [5, 5.41) is 2.90. The molecule has 1 aromatic carbocycles. The number of ether oxygens (including phenoxy) is 3. The number of carbonyl (C=O) groups is 2. The molecule has 0 spiro atoms. The van der Waals surface area contributed by atoms with E-state index in [9.17, 15) is 9.59 Å². The standard InChI is InChI=1S/C21H31NO5/c1-6-11-27-21(4,15-7-8-15)20(24)22-16-9-10-18(26-13-14(2)3)17(12-16)19(23)25-5/h9-10,12,14-15H,6-8,11,13H2,1-5H3,(H,22,24). The lowest BCUT2D eigenvalue weighted by atomic mass is 9.98. The number of anilines is 1. The first kappa shape index (κ1) is 21.2. The fraction of sp³-hybridized carbons (Fsp3) is 0.619. The molecular weight excluding hydrogens is 346 g/mol. The van der Waals surface area contributed by atoms with E-state index < -0.39 is 11.6 Å². The van der Waals surface area contributed by atoms with Gasteiger partial charge in [-0.3, -0.25) is 4.79 Å². The Morgan fingerprint density at radius 1 is 1.30 bits per heavy atom. The zero-order valence-corrected chi connectivity index (χ0v) is 17.0. The molecule has 1 atom stereocenters. The molecule has 0 saturated heterocycles. The lowest BCUT2D eigenvalue weighted by molar-refractivity contribution is -0.142. The number of nitrogens with one attached hydrogen (secondary N) is 1. The molecule has 6 heteroatoms. The van der Waals surface area contributed by atoms with Gasteiger partial charge in [0.05, 0.1) is 13.7 Å². The van der Waals surface area contributed by atoms with Gasteiger partial charge in [-0.05, 0) is 56.2 Å². The van der Waals surface area contributed by atoms with Crippen LogP contribution in [0, 0.1) is 11.8 Å². The van der Waals surface area contributed by atoms with Crippen LogP contribution in [0.15, 0.2) is 18.2 Å². The smallest absolute Gasteiger partial charge is 0.341 e. The molecule has 1 amide bonds. The Kier molecular flexibility index (Phi) is 7.25. The molecule has 27 heavy (non-hydrogen) atoms. The molecule has 0 aromatic heterocycles. The van der Waals surface area contributed by atoms with Crippen LogP contribution in [0.3, 0.4) is 0 Å². The third kappa shape index (κ3) is 5.45. The number of rotatable bonds is 10. The van der Waals surface area contributed by atoms with Gasteiger partial charge in [0, 0.05) is 12.3 Å². The summed E-state index contributed by atoms with van der Waals surface area (Å²) in [5.41, 5.74) is -0.0448. The third-order valence-electron chi connectivity index (χ3n) is 4.63. The van der Waals surface area contributed by atoms with E-state index in [1.165, 1.54) is 7.11 Å². The van der Waals surface area contributed by atoms with E-state index in [1.807, 2.05) is 27.7 Å². The number of amides is 1. The predicted octanol–water partition coefficient (Wildman–Crippen LogP) is 4.04. The van der Waals surface area contributed by atoms with E-state index in [0.717, 1.165) is 19.3 Å². The second kappa shape index (κ2) is 9.22. The fourth-order valence-electron chi connectivity index (χ4n) is 2.83. The van der Waals surface area contributed by atoms with Gasteiger partial charge in [0.25, 0.3) is 5.91 Å². The van der Waals surface area contributed by atoms with E-state index in [1.54, 1.807) is 18.2 Å². The van der Waals surface area contributed by atoms with Crippen LogP contribution in [-0.4, -0.2) is 37.8 Å². The summed E-state index contributed by atoms with van der Waals surface area (Å²) in [6.07, 6.45) is 2.83. The van der Waals surface area contributed by atoms with Crippen LogP contribution in [-0.2, 0) is 14.3 Å². The Balaban J connectivity index is 2.19. The average molecular weight is 377 g/mol. The molecule has 0 aliphatic heterocycles. The highest BCUT2D eigenvalue weighted by atomic mass is 16.5. The van der Waals surface area contributed by atoms with Crippen molar-refractivity contribution in [2.75, 3.05) is 25.6 Å². The van der Waals surface area contributed by atoms with Gasteiger partial charge in [0.1, 0.15) is 16.9 Å². The van der Waals surface area contributed by atoms with E-state index >= 15 is 0 Å². The van der Waals surface area contributed by atoms with E-state index in [2.05, 4.69) is 5.32 Å². The SMILES string of the molecule is CCCOC(C)(C(=O)Nc1ccc(OCC(C)C)c(C(=O)OC)c1)C1CC1. The third-order valence-corrected chi connectivity index (χ3v) is 4.63. The van der Waals surface area contributed by atoms with Crippen molar-refractivity contribution < 1.29 is 23.8 Å². The van der Waals surface area contributed by atoms with Gasteiger partial charge in [0.2, 0.25) is 0 Å². The van der Waals surface area contributed by atoms with Crippen molar-refractivity contribution in [3.05, 3.63) is 23.8 Å². The topological polar surface area (TPSA) is 73.9 Å². The molecule has 150 valence electrons. The van der Waals surface area contributed by atoms with Gasteiger partial charge in [0.15, 0.2) is 0 Å².